The molecule has 0 aliphatic carbocycles. The van der Waals surface area contributed by atoms with Gasteiger partial charge in [0.15, 0.2) is 0 Å². The van der Waals surface area contributed by atoms with Crippen molar-refractivity contribution in [2.45, 2.75) is 37.6 Å². The van der Waals surface area contributed by atoms with Crippen molar-refractivity contribution in [1.29, 1.82) is 0 Å². The second-order valence-corrected chi connectivity index (χ2v) is 11.5. The van der Waals surface area contributed by atoms with Gasteiger partial charge in [-0.05, 0) is 43.0 Å². The second-order valence-electron chi connectivity index (χ2n) is 8.85. The molecule has 12 heteroatoms. The largest absolute Gasteiger partial charge is 0.369 e. The molecule has 3 rings (SSSR count). The minimum absolute atomic E-state index is 0.000649. The van der Waals surface area contributed by atoms with Gasteiger partial charge in [-0.25, -0.2) is 8.42 Å². The first kappa shape index (κ1) is 28.9. The molecule has 0 aromatic heterocycles. The van der Waals surface area contributed by atoms with Gasteiger partial charge in [0, 0.05) is 43.7 Å². The van der Waals surface area contributed by atoms with Gasteiger partial charge in [-0.3, -0.25) is 14.6 Å². The predicted molar refractivity (Wildman–Crippen MR) is 145 cm³/mol. The van der Waals surface area contributed by atoms with E-state index in [0.717, 1.165) is 34.4 Å². The number of unbranched alkanes of at least 4 members (excludes halogenated alkanes) is 1. The van der Waals surface area contributed by atoms with Crippen LogP contribution in [0.25, 0.3) is 0 Å². The van der Waals surface area contributed by atoms with E-state index in [-0.39, 0.29) is 28.8 Å². The van der Waals surface area contributed by atoms with Crippen LogP contribution in [-0.2, 0) is 26.2 Å². The molecular formula is C25H31Cl2N5O4S. The Balaban J connectivity index is 1.54. The number of carbonyl (C=O) groups is 2. The smallest absolute Gasteiger partial charge is 0.245 e. The number of nitrogens with two attached hydrogens (primary N) is 1. The van der Waals surface area contributed by atoms with E-state index in [4.69, 9.17) is 28.9 Å². The molecule has 0 unspecified atom stereocenters. The van der Waals surface area contributed by atoms with E-state index in [1.165, 1.54) is 12.1 Å². The summed E-state index contributed by atoms with van der Waals surface area (Å²) < 4.78 is 27.4. The molecule has 2 amide bonds. The number of aliphatic imine (C=N–C) groups is 1. The molecule has 37 heavy (non-hydrogen) atoms. The van der Waals surface area contributed by atoms with Crippen LogP contribution in [0.2, 0.25) is 10.0 Å². The quantitative estimate of drug-likeness (QED) is 0.381. The summed E-state index contributed by atoms with van der Waals surface area (Å²) in [6.45, 7) is 3.20. The van der Waals surface area contributed by atoms with E-state index in [1.807, 2.05) is 24.3 Å². The number of benzene rings is 2. The average molecular weight is 569 g/mol. The predicted octanol–water partition coefficient (Wildman–Crippen LogP) is 2.96. The van der Waals surface area contributed by atoms with Gasteiger partial charge in [0.05, 0.1) is 18.1 Å². The fraction of sp³-hybridized carbons (Fsp3) is 0.400. The summed E-state index contributed by atoms with van der Waals surface area (Å²) in [5.74, 6) is 0.0337. The van der Waals surface area contributed by atoms with Crippen molar-refractivity contribution in [3.05, 3.63) is 63.1 Å². The number of primary amides is 1. The summed E-state index contributed by atoms with van der Waals surface area (Å²) in [5, 5.41) is 3.57. The molecule has 1 aliphatic heterocycles. The number of amidine groups is 1. The van der Waals surface area contributed by atoms with E-state index >= 15 is 0 Å². The van der Waals surface area contributed by atoms with Gasteiger partial charge in [0.1, 0.15) is 10.7 Å². The lowest BCUT2D eigenvalue weighted by Gasteiger charge is -2.22. The third kappa shape index (κ3) is 7.44. The Morgan fingerprint density at radius 2 is 1.81 bits per heavy atom. The highest BCUT2D eigenvalue weighted by Crippen LogP contribution is 2.32. The van der Waals surface area contributed by atoms with E-state index in [9.17, 15) is 18.0 Å². The highest BCUT2D eigenvalue weighted by molar-refractivity contribution is 7.89. The summed E-state index contributed by atoms with van der Waals surface area (Å²) >= 11 is 12.3. The zero-order valence-corrected chi connectivity index (χ0v) is 23.2. The molecule has 3 N–H and O–H groups in total. The van der Waals surface area contributed by atoms with Crippen molar-refractivity contribution in [1.82, 2.24) is 14.5 Å². The Morgan fingerprint density at radius 1 is 1.11 bits per heavy atom. The van der Waals surface area contributed by atoms with Gasteiger partial charge < -0.3 is 16.0 Å². The molecule has 0 atom stereocenters. The van der Waals surface area contributed by atoms with Crippen LogP contribution < -0.4 is 11.1 Å². The van der Waals surface area contributed by atoms with Crippen LogP contribution in [0.5, 0.6) is 0 Å². The Hall–Kier alpha value is -2.66. The van der Waals surface area contributed by atoms with Gasteiger partial charge in [-0.15, -0.1) is 0 Å². The molecule has 0 bridgehead atoms. The van der Waals surface area contributed by atoms with Gasteiger partial charge in [-0.1, -0.05) is 47.5 Å². The summed E-state index contributed by atoms with van der Waals surface area (Å²) in [6.07, 6.45) is 1.03. The zero-order valence-electron chi connectivity index (χ0n) is 20.8. The van der Waals surface area contributed by atoms with Crippen LogP contribution >= 0.6 is 23.2 Å². The fourth-order valence-corrected chi connectivity index (χ4v) is 6.14. The molecular weight excluding hydrogens is 537 g/mol. The standard InChI is InChI=1S/C25H31Cl2N5O4S/c1-17-20(26)10-11-21(24(17)27)37(35,36)32(16-22(28)33)14-4-3-5-23(34)31(2)15-18-6-8-19(9-7-18)25-29-12-13-30-25/h6-11H,3-5,12-16H2,1-2H3,(H2,28,33)(H,29,30). The lowest BCUT2D eigenvalue weighted by atomic mass is 10.1. The van der Waals surface area contributed by atoms with Gasteiger partial charge >= 0.3 is 0 Å². The topological polar surface area (TPSA) is 125 Å². The van der Waals surface area contributed by atoms with Crippen LogP contribution in [0, 0.1) is 6.92 Å². The first-order valence-electron chi connectivity index (χ1n) is 11.9. The van der Waals surface area contributed by atoms with E-state index in [0.29, 0.717) is 30.0 Å². The lowest BCUT2D eigenvalue weighted by molar-refractivity contribution is -0.130. The van der Waals surface area contributed by atoms with Crippen molar-refractivity contribution in [3.8, 4) is 0 Å². The normalized spacial score (nSPS) is 13.4. The summed E-state index contributed by atoms with van der Waals surface area (Å²) in [4.78, 5) is 30.1. The number of carbonyl (C=O) groups excluding carboxylic acids is 2. The minimum Gasteiger partial charge on any atom is -0.369 e. The Bertz CT molecular complexity index is 1280. The average Bonchev–Trinajstić information content (AvgIpc) is 3.39. The molecule has 200 valence electrons. The van der Waals surface area contributed by atoms with E-state index < -0.39 is 22.5 Å². The number of nitrogens with zero attached hydrogens (tertiary/aromatic N) is 3. The number of hydrogen-bond acceptors (Lipinski definition) is 6. The fourth-order valence-electron chi connectivity index (χ4n) is 3.91. The number of amides is 2. The highest BCUT2D eigenvalue weighted by Gasteiger charge is 2.29. The third-order valence-corrected chi connectivity index (χ3v) is 8.93. The van der Waals surface area contributed by atoms with Gasteiger partial charge in [-0.2, -0.15) is 4.31 Å². The van der Waals surface area contributed by atoms with Crippen molar-refractivity contribution in [2.75, 3.05) is 33.2 Å². The van der Waals surface area contributed by atoms with Crippen LogP contribution in [-0.4, -0.2) is 68.5 Å². The Morgan fingerprint density at radius 3 is 2.43 bits per heavy atom. The molecule has 1 heterocycles. The van der Waals surface area contributed by atoms with Crippen molar-refractivity contribution in [2.24, 2.45) is 10.7 Å². The van der Waals surface area contributed by atoms with Crippen molar-refractivity contribution < 1.29 is 18.0 Å². The summed E-state index contributed by atoms with van der Waals surface area (Å²) in [6, 6.07) is 10.7. The van der Waals surface area contributed by atoms with Crippen molar-refractivity contribution in [3.63, 3.8) is 0 Å². The SMILES string of the molecule is Cc1c(Cl)ccc(S(=O)(=O)N(CCCCC(=O)N(C)Cc2ccc(C3=NCCN3)cc2)CC(N)=O)c1Cl. The van der Waals surface area contributed by atoms with Crippen LogP contribution in [0.1, 0.15) is 36.0 Å². The molecule has 0 spiro atoms. The maximum Gasteiger partial charge on any atom is 0.245 e. The van der Waals surface area contributed by atoms with Crippen LogP contribution in [0.4, 0.5) is 0 Å². The molecule has 2 aromatic carbocycles. The minimum atomic E-state index is -4.10. The van der Waals surface area contributed by atoms with E-state index in [1.54, 1.807) is 18.9 Å². The first-order chi connectivity index (χ1) is 17.5. The zero-order chi connectivity index (χ0) is 27.2. The van der Waals surface area contributed by atoms with Crippen LogP contribution in [0.15, 0.2) is 46.3 Å². The molecule has 0 saturated carbocycles. The number of nitrogens with one attached hydrogen (secondary N) is 1. The monoisotopic (exact) mass is 567 g/mol. The summed E-state index contributed by atoms with van der Waals surface area (Å²) in [5.41, 5.74) is 7.73. The maximum absolute atomic E-state index is 13.2. The number of hydrogen-bond donors (Lipinski definition) is 2. The number of sulfonamides is 1. The highest BCUT2D eigenvalue weighted by atomic mass is 35.5. The number of halogens is 2. The molecule has 9 nitrogen and oxygen atoms in total. The Kier molecular flexibility index (Phi) is 9.94. The van der Waals surface area contributed by atoms with Crippen LogP contribution in [0.3, 0.4) is 0 Å². The lowest BCUT2D eigenvalue weighted by Crippen LogP contribution is -2.39. The van der Waals surface area contributed by atoms with Gasteiger partial charge in [0.25, 0.3) is 0 Å². The molecule has 0 radical (unpaired) electrons. The maximum atomic E-state index is 13.2. The van der Waals surface area contributed by atoms with E-state index in [2.05, 4.69) is 10.3 Å². The second kappa shape index (κ2) is 12.7. The first-order valence-corrected chi connectivity index (χ1v) is 14.0. The molecule has 2 aromatic rings. The molecule has 0 saturated heterocycles. The number of rotatable bonds is 12. The van der Waals surface area contributed by atoms with Crippen molar-refractivity contribution >= 4 is 50.9 Å². The summed E-state index contributed by atoms with van der Waals surface area (Å²) in [7, 11) is -2.37. The molecule has 0 fully saturated rings. The third-order valence-electron chi connectivity index (χ3n) is 6.03. The molecule has 1 aliphatic rings. The van der Waals surface area contributed by atoms with Gasteiger partial charge in [0.2, 0.25) is 21.8 Å². The Labute approximate surface area is 227 Å².